The van der Waals surface area contributed by atoms with Crippen molar-refractivity contribution in [3.05, 3.63) is 12.2 Å². The van der Waals surface area contributed by atoms with Gasteiger partial charge in [0.1, 0.15) is 0 Å². The molecule has 2 radical (unpaired) electrons. The van der Waals surface area contributed by atoms with Gasteiger partial charge in [0, 0.05) is 6.61 Å². The SMILES string of the molecule is C=C(C)C[Si]OCCCC. The van der Waals surface area contributed by atoms with Crippen LogP contribution in [0.4, 0.5) is 0 Å². The summed E-state index contributed by atoms with van der Waals surface area (Å²) in [6, 6.07) is 1.03. The molecule has 58 valence electrons. The molecule has 0 fully saturated rings. The summed E-state index contributed by atoms with van der Waals surface area (Å²) in [5.74, 6) is 0. The zero-order chi connectivity index (χ0) is 7.82. The van der Waals surface area contributed by atoms with Crippen LogP contribution in [0.5, 0.6) is 0 Å². The molecule has 0 amide bonds. The molecule has 0 aliphatic rings. The molecule has 0 aromatic rings. The van der Waals surface area contributed by atoms with Crippen molar-refractivity contribution in [2.24, 2.45) is 0 Å². The van der Waals surface area contributed by atoms with Gasteiger partial charge in [-0.15, -0.1) is 6.58 Å². The zero-order valence-corrected chi connectivity index (χ0v) is 7.94. The number of rotatable bonds is 6. The normalized spacial score (nSPS) is 9.80. The summed E-state index contributed by atoms with van der Waals surface area (Å²) >= 11 is 0. The fourth-order valence-corrected chi connectivity index (χ4v) is 1.10. The van der Waals surface area contributed by atoms with Crippen LogP contribution in [0.3, 0.4) is 0 Å². The molecule has 0 heterocycles. The summed E-state index contributed by atoms with van der Waals surface area (Å²) in [6.45, 7) is 8.93. The van der Waals surface area contributed by atoms with Crippen molar-refractivity contribution in [2.45, 2.75) is 32.7 Å². The number of allylic oxidation sites excluding steroid dienone is 1. The van der Waals surface area contributed by atoms with E-state index in [-0.39, 0.29) is 0 Å². The molecule has 0 unspecified atom stereocenters. The zero-order valence-electron chi connectivity index (χ0n) is 6.94. The third-order valence-corrected chi connectivity index (χ3v) is 2.23. The maximum atomic E-state index is 5.35. The summed E-state index contributed by atoms with van der Waals surface area (Å²) in [7, 11) is 0.623. The van der Waals surface area contributed by atoms with E-state index in [9.17, 15) is 0 Å². The molecule has 0 saturated carbocycles. The van der Waals surface area contributed by atoms with Gasteiger partial charge in [0.15, 0.2) is 0 Å². The number of hydrogen-bond donors (Lipinski definition) is 0. The van der Waals surface area contributed by atoms with E-state index in [4.69, 9.17) is 4.43 Å². The molecule has 0 bridgehead atoms. The first-order valence-electron chi connectivity index (χ1n) is 3.76. The highest BCUT2D eigenvalue weighted by Crippen LogP contribution is 1.95. The minimum absolute atomic E-state index is 0.623. The van der Waals surface area contributed by atoms with Gasteiger partial charge in [-0.3, -0.25) is 0 Å². The van der Waals surface area contributed by atoms with Gasteiger partial charge >= 0.3 is 0 Å². The molecule has 0 N–H and O–H groups in total. The second-order valence-corrected chi connectivity index (χ2v) is 3.41. The van der Waals surface area contributed by atoms with Gasteiger partial charge in [0.2, 0.25) is 9.76 Å². The third-order valence-electron chi connectivity index (χ3n) is 1.08. The van der Waals surface area contributed by atoms with Gasteiger partial charge < -0.3 is 4.43 Å². The monoisotopic (exact) mass is 156 g/mol. The Kier molecular flexibility index (Phi) is 6.97. The Hall–Kier alpha value is -0.0831. The lowest BCUT2D eigenvalue weighted by atomic mass is 10.4. The fraction of sp³-hybridized carbons (Fsp3) is 0.750. The van der Waals surface area contributed by atoms with Crippen molar-refractivity contribution in [1.82, 2.24) is 0 Å². The Bertz CT molecular complexity index is 91.3. The molecule has 0 atom stereocenters. The maximum absolute atomic E-state index is 5.35. The second-order valence-electron chi connectivity index (χ2n) is 2.48. The van der Waals surface area contributed by atoms with Crippen LogP contribution in [0.25, 0.3) is 0 Å². The molecule has 10 heavy (non-hydrogen) atoms. The van der Waals surface area contributed by atoms with E-state index in [1.807, 2.05) is 6.92 Å². The van der Waals surface area contributed by atoms with E-state index in [1.165, 1.54) is 18.4 Å². The first-order valence-corrected chi connectivity index (χ1v) is 4.88. The smallest absolute Gasteiger partial charge is 0.234 e. The van der Waals surface area contributed by atoms with Crippen LogP contribution in [0.2, 0.25) is 6.04 Å². The number of hydrogen-bond acceptors (Lipinski definition) is 1. The first kappa shape index (κ1) is 9.92. The molecule has 0 saturated heterocycles. The average Bonchev–Trinajstić information content (AvgIpc) is 1.87. The molecule has 0 aliphatic carbocycles. The quantitative estimate of drug-likeness (QED) is 0.326. The molecule has 0 aliphatic heterocycles. The molecule has 0 aromatic carbocycles. The molecule has 0 aromatic heterocycles. The molecule has 0 spiro atoms. The molecular formula is C8H16OSi. The Morgan fingerprint density at radius 3 is 2.80 bits per heavy atom. The summed E-state index contributed by atoms with van der Waals surface area (Å²) in [5, 5.41) is 0. The Balaban J connectivity index is 2.84. The Morgan fingerprint density at radius 1 is 1.60 bits per heavy atom. The molecule has 1 nitrogen and oxygen atoms in total. The van der Waals surface area contributed by atoms with Crippen molar-refractivity contribution in [2.75, 3.05) is 6.61 Å². The summed E-state index contributed by atoms with van der Waals surface area (Å²) in [6.07, 6.45) is 2.40. The molecular weight excluding hydrogens is 140 g/mol. The highest BCUT2D eigenvalue weighted by molar-refractivity contribution is 6.28. The highest BCUT2D eigenvalue weighted by Gasteiger charge is 1.90. The summed E-state index contributed by atoms with van der Waals surface area (Å²) < 4.78 is 5.35. The summed E-state index contributed by atoms with van der Waals surface area (Å²) in [4.78, 5) is 0. The predicted molar refractivity (Wildman–Crippen MR) is 46.2 cm³/mol. The number of unbranched alkanes of at least 4 members (excludes halogenated alkanes) is 1. The van der Waals surface area contributed by atoms with Crippen LogP contribution >= 0.6 is 0 Å². The van der Waals surface area contributed by atoms with Gasteiger partial charge in [0.05, 0.1) is 0 Å². The third kappa shape index (κ3) is 7.92. The van der Waals surface area contributed by atoms with E-state index >= 15 is 0 Å². The lowest BCUT2D eigenvalue weighted by Gasteiger charge is -1.99. The van der Waals surface area contributed by atoms with E-state index < -0.39 is 0 Å². The van der Waals surface area contributed by atoms with E-state index in [1.54, 1.807) is 0 Å². The van der Waals surface area contributed by atoms with E-state index in [2.05, 4.69) is 13.5 Å². The minimum Gasteiger partial charge on any atom is -0.417 e. The first-order chi connectivity index (χ1) is 4.77. The minimum atomic E-state index is 0.623. The highest BCUT2D eigenvalue weighted by atomic mass is 28.2. The van der Waals surface area contributed by atoms with Gasteiger partial charge in [-0.05, 0) is 19.4 Å². The van der Waals surface area contributed by atoms with Crippen molar-refractivity contribution < 1.29 is 4.43 Å². The topological polar surface area (TPSA) is 9.23 Å². The Labute approximate surface area is 66.4 Å². The standard InChI is InChI=1S/C8H16OSi/c1-4-5-6-9-10-7-8(2)3/h2,4-7H2,1,3H3. The van der Waals surface area contributed by atoms with Crippen LogP contribution in [-0.2, 0) is 4.43 Å². The van der Waals surface area contributed by atoms with Gasteiger partial charge in [0.25, 0.3) is 0 Å². The van der Waals surface area contributed by atoms with Crippen LogP contribution < -0.4 is 0 Å². The van der Waals surface area contributed by atoms with Crippen molar-refractivity contribution >= 4 is 9.76 Å². The largest absolute Gasteiger partial charge is 0.417 e. The average molecular weight is 156 g/mol. The van der Waals surface area contributed by atoms with Gasteiger partial charge in [-0.25, -0.2) is 0 Å². The lowest BCUT2D eigenvalue weighted by molar-refractivity contribution is 0.327. The lowest BCUT2D eigenvalue weighted by Crippen LogP contribution is -1.99. The van der Waals surface area contributed by atoms with Gasteiger partial charge in [-0.1, -0.05) is 18.9 Å². The van der Waals surface area contributed by atoms with Crippen molar-refractivity contribution in [3.63, 3.8) is 0 Å². The van der Waals surface area contributed by atoms with Crippen LogP contribution in [0.1, 0.15) is 26.7 Å². The second kappa shape index (κ2) is 7.03. The van der Waals surface area contributed by atoms with Gasteiger partial charge in [-0.2, -0.15) is 0 Å². The fourth-order valence-electron chi connectivity index (χ4n) is 0.463. The van der Waals surface area contributed by atoms with Crippen LogP contribution in [0, 0.1) is 0 Å². The summed E-state index contributed by atoms with van der Waals surface area (Å²) in [5.41, 5.74) is 1.22. The Morgan fingerprint density at radius 2 is 2.30 bits per heavy atom. The van der Waals surface area contributed by atoms with Crippen LogP contribution in [0.15, 0.2) is 12.2 Å². The molecule has 0 rings (SSSR count). The van der Waals surface area contributed by atoms with E-state index in [0.717, 1.165) is 12.7 Å². The van der Waals surface area contributed by atoms with Crippen LogP contribution in [-0.4, -0.2) is 16.4 Å². The van der Waals surface area contributed by atoms with Crippen molar-refractivity contribution in [1.29, 1.82) is 0 Å². The molecule has 2 heteroatoms. The predicted octanol–water partition coefficient (Wildman–Crippen LogP) is 2.42. The van der Waals surface area contributed by atoms with Crippen molar-refractivity contribution in [3.8, 4) is 0 Å². The maximum Gasteiger partial charge on any atom is 0.234 e. The van der Waals surface area contributed by atoms with E-state index in [0.29, 0.717) is 9.76 Å².